The molecule has 1 fully saturated rings. The van der Waals surface area contributed by atoms with Crippen LogP contribution in [0, 0.1) is 5.92 Å². The average molecular weight is 328 g/mol. The van der Waals surface area contributed by atoms with Crippen molar-refractivity contribution in [3.8, 4) is 0 Å². The Labute approximate surface area is 142 Å². The van der Waals surface area contributed by atoms with Gasteiger partial charge in [-0.25, -0.2) is 9.59 Å². The summed E-state index contributed by atoms with van der Waals surface area (Å²) in [6, 6.07) is 8.72. The first-order chi connectivity index (χ1) is 11.5. The van der Waals surface area contributed by atoms with E-state index >= 15 is 0 Å². The van der Waals surface area contributed by atoms with E-state index in [2.05, 4.69) is 17.6 Å². The highest BCUT2D eigenvalue weighted by Crippen LogP contribution is 2.30. The predicted molar refractivity (Wildman–Crippen MR) is 91.1 cm³/mol. The van der Waals surface area contributed by atoms with Crippen LogP contribution in [0.1, 0.15) is 51.1 Å². The Morgan fingerprint density at radius 2 is 1.96 bits per heavy atom. The third-order valence-electron chi connectivity index (χ3n) is 4.78. The first-order valence-electron chi connectivity index (χ1n) is 8.59. The fourth-order valence-corrected chi connectivity index (χ4v) is 3.56. The van der Waals surface area contributed by atoms with Crippen LogP contribution in [-0.2, 0) is 9.53 Å². The van der Waals surface area contributed by atoms with Crippen LogP contribution in [0.2, 0.25) is 0 Å². The van der Waals surface area contributed by atoms with Crippen LogP contribution in [0.15, 0.2) is 41.6 Å². The molecule has 3 rings (SSSR count). The van der Waals surface area contributed by atoms with Crippen molar-refractivity contribution in [3.05, 3.63) is 47.2 Å². The minimum absolute atomic E-state index is 0.0319. The Bertz CT molecular complexity index is 654. The molecule has 0 radical (unpaired) electrons. The highest BCUT2D eigenvalue weighted by Gasteiger charge is 2.33. The molecule has 128 valence electrons. The lowest BCUT2D eigenvalue weighted by atomic mass is 9.88. The summed E-state index contributed by atoms with van der Waals surface area (Å²) in [6.07, 6.45) is 4.08. The van der Waals surface area contributed by atoms with Gasteiger partial charge < -0.3 is 15.4 Å². The highest BCUT2D eigenvalue weighted by atomic mass is 16.5. The number of carbonyl (C=O) groups excluding carboxylic acids is 2. The maximum atomic E-state index is 12.8. The van der Waals surface area contributed by atoms with E-state index in [-0.39, 0.29) is 18.1 Å². The number of amides is 2. The van der Waals surface area contributed by atoms with Crippen molar-refractivity contribution in [1.29, 1.82) is 0 Å². The summed E-state index contributed by atoms with van der Waals surface area (Å²) in [6.45, 7) is 3.94. The molecule has 1 heterocycles. The molecule has 0 spiro atoms. The summed E-state index contributed by atoms with van der Waals surface area (Å²) in [5.41, 5.74) is 1.91. The minimum atomic E-state index is -0.478. The van der Waals surface area contributed by atoms with Gasteiger partial charge in [0.05, 0.1) is 11.6 Å². The molecule has 2 amide bonds. The number of esters is 1. The number of hydrogen-bond donors (Lipinski definition) is 2. The first kappa shape index (κ1) is 16.6. The molecule has 1 aromatic rings. The molecule has 0 saturated heterocycles. The van der Waals surface area contributed by atoms with Gasteiger partial charge >= 0.3 is 12.0 Å². The zero-order valence-electron chi connectivity index (χ0n) is 14.2. The van der Waals surface area contributed by atoms with Gasteiger partial charge in [-0.2, -0.15) is 0 Å². The van der Waals surface area contributed by atoms with E-state index in [0.29, 0.717) is 17.2 Å². The number of allylic oxidation sites excluding steroid dienone is 1. The second kappa shape index (κ2) is 7.07. The van der Waals surface area contributed by atoms with Gasteiger partial charge in [0.1, 0.15) is 6.10 Å². The van der Waals surface area contributed by atoms with E-state index in [1.165, 1.54) is 6.42 Å². The Morgan fingerprint density at radius 3 is 2.67 bits per heavy atom. The summed E-state index contributed by atoms with van der Waals surface area (Å²) >= 11 is 0. The second-order valence-corrected chi connectivity index (χ2v) is 6.78. The third kappa shape index (κ3) is 3.61. The molecule has 2 aliphatic rings. The Balaban J connectivity index is 1.83. The minimum Gasteiger partial charge on any atom is -0.459 e. The average Bonchev–Trinajstić information content (AvgIpc) is 2.54. The molecule has 1 aliphatic heterocycles. The van der Waals surface area contributed by atoms with Crippen LogP contribution in [0.3, 0.4) is 0 Å². The Kier molecular flexibility index (Phi) is 4.88. The molecule has 24 heavy (non-hydrogen) atoms. The number of rotatable bonds is 3. The van der Waals surface area contributed by atoms with Crippen molar-refractivity contribution < 1.29 is 14.3 Å². The number of nitrogens with one attached hydrogen (secondary N) is 2. The predicted octanol–water partition coefficient (Wildman–Crippen LogP) is 3.44. The van der Waals surface area contributed by atoms with E-state index in [1.54, 1.807) is 6.92 Å². The Hall–Kier alpha value is -2.30. The van der Waals surface area contributed by atoms with E-state index in [0.717, 1.165) is 24.8 Å². The fourth-order valence-electron chi connectivity index (χ4n) is 3.56. The number of hydrogen-bond acceptors (Lipinski definition) is 3. The van der Waals surface area contributed by atoms with Crippen LogP contribution in [0.25, 0.3) is 0 Å². The van der Waals surface area contributed by atoms with Crippen LogP contribution < -0.4 is 10.6 Å². The molecule has 5 heteroatoms. The third-order valence-corrected chi connectivity index (χ3v) is 4.78. The lowest BCUT2D eigenvalue weighted by molar-refractivity contribution is -0.146. The van der Waals surface area contributed by atoms with Crippen molar-refractivity contribution in [2.24, 2.45) is 5.92 Å². The molecule has 2 N–H and O–H groups in total. The van der Waals surface area contributed by atoms with Crippen molar-refractivity contribution in [3.63, 3.8) is 0 Å². The highest BCUT2D eigenvalue weighted by molar-refractivity contribution is 5.95. The summed E-state index contributed by atoms with van der Waals surface area (Å²) in [5.74, 6) is 0.244. The standard InChI is InChI=1S/C19H24N2O3/c1-12-7-6-10-15(11-12)24-18(22)16-13(2)20-19(23)21-17(16)14-8-4-3-5-9-14/h3-5,8-9,12,15,17H,6-7,10-11H2,1-2H3,(H2,20,21,23)/t12-,15-,17+/m0/s1. The molecule has 3 atom stereocenters. The number of urea groups is 1. The van der Waals surface area contributed by atoms with Crippen LogP contribution in [0.4, 0.5) is 4.79 Å². The van der Waals surface area contributed by atoms with Gasteiger partial charge in [-0.15, -0.1) is 0 Å². The van der Waals surface area contributed by atoms with Gasteiger partial charge in [-0.3, -0.25) is 0 Å². The van der Waals surface area contributed by atoms with Crippen molar-refractivity contribution in [2.75, 3.05) is 0 Å². The zero-order valence-corrected chi connectivity index (χ0v) is 14.2. The molecular weight excluding hydrogens is 304 g/mol. The maximum absolute atomic E-state index is 12.8. The number of ether oxygens (including phenoxy) is 1. The van der Waals surface area contributed by atoms with E-state index in [1.807, 2.05) is 30.3 Å². The van der Waals surface area contributed by atoms with E-state index < -0.39 is 6.04 Å². The van der Waals surface area contributed by atoms with E-state index in [4.69, 9.17) is 4.74 Å². The van der Waals surface area contributed by atoms with Crippen molar-refractivity contribution in [1.82, 2.24) is 10.6 Å². The van der Waals surface area contributed by atoms with Gasteiger partial charge in [-0.1, -0.05) is 43.7 Å². The lowest BCUT2D eigenvalue weighted by Crippen LogP contribution is -2.45. The molecule has 0 aromatic heterocycles. The molecule has 1 aliphatic carbocycles. The van der Waals surface area contributed by atoms with Crippen LogP contribution in [0.5, 0.6) is 0 Å². The molecular formula is C19H24N2O3. The zero-order chi connectivity index (χ0) is 17.1. The largest absolute Gasteiger partial charge is 0.459 e. The maximum Gasteiger partial charge on any atom is 0.338 e. The molecule has 5 nitrogen and oxygen atoms in total. The van der Waals surface area contributed by atoms with Gasteiger partial charge in [0.15, 0.2) is 0 Å². The summed E-state index contributed by atoms with van der Waals surface area (Å²) in [5, 5.41) is 5.52. The Morgan fingerprint density at radius 1 is 1.21 bits per heavy atom. The van der Waals surface area contributed by atoms with Crippen LogP contribution in [-0.4, -0.2) is 18.1 Å². The lowest BCUT2D eigenvalue weighted by Gasteiger charge is -2.31. The fraction of sp³-hybridized carbons (Fsp3) is 0.474. The topological polar surface area (TPSA) is 67.4 Å². The van der Waals surface area contributed by atoms with Gasteiger partial charge in [-0.05, 0) is 37.7 Å². The van der Waals surface area contributed by atoms with E-state index in [9.17, 15) is 9.59 Å². The quantitative estimate of drug-likeness (QED) is 0.835. The second-order valence-electron chi connectivity index (χ2n) is 6.78. The normalized spacial score (nSPS) is 27.2. The van der Waals surface area contributed by atoms with Gasteiger partial charge in [0.2, 0.25) is 0 Å². The summed E-state index contributed by atoms with van der Waals surface area (Å²) in [4.78, 5) is 24.7. The van der Waals surface area contributed by atoms with Crippen molar-refractivity contribution >= 4 is 12.0 Å². The number of carbonyl (C=O) groups is 2. The molecule has 0 unspecified atom stereocenters. The summed E-state index contributed by atoms with van der Waals surface area (Å²) < 4.78 is 5.77. The molecule has 0 bridgehead atoms. The summed E-state index contributed by atoms with van der Waals surface area (Å²) in [7, 11) is 0. The van der Waals surface area contributed by atoms with Crippen LogP contribution >= 0.6 is 0 Å². The van der Waals surface area contributed by atoms with Crippen molar-refractivity contribution in [2.45, 2.75) is 51.7 Å². The number of benzene rings is 1. The van der Waals surface area contributed by atoms with Gasteiger partial charge in [0, 0.05) is 5.70 Å². The SMILES string of the molecule is CC1=C(C(=O)O[C@H]2CCC[C@H](C)C2)[C@@H](c2ccccc2)NC(=O)N1. The first-order valence-corrected chi connectivity index (χ1v) is 8.59. The monoisotopic (exact) mass is 328 g/mol. The molecule has 1 aromatic carbocycles. The van der Waals surface area contributed by atoms with Gasteiger partial charge in [0.25, 0.3) is 0 Å². The molecule has 1 saturated carbocycles. The smallest absolute Gasteiger partial charge is 0.338 e.